The maximum Gasteiger partial charge on any atom is 0.0615 e. The Kier molecular flexibility index (Phi) is 2.68. The second-order valence-electron chi connectivity index (χ2n) is 5.42. The van der Waals surface area contributed by atoms with Crippen LogP contribution in [0.4, 0.5) is 0 Å². The molecule has 1 fully saturated rings. The highest BCUT2D eigenvalue weighted by atomic mass is 16.5. The van der Waals surface area contributed by atoms with Crippen molar-refractivity contribution in [1.82, 2.24) is 0 Å². The summed E-state index contributed by atoms with van der Waals surface area (Å²) in [6.45, 7) is 9.76. The molecule has 2 rings (SSSR count). The van der Waals surface area contributed by atoms with Crippen LogP contribution in [0.25, 0.3) is 0 Å². The summed E-state index contributed by atoms with van der Waals surface area (Å²) in [7, 11) is 0. The smallest absolute Gasteiger partial charge is 0.0615 e. The Morgan fingerprint density at radius 2 is 2.13 bits per heavy atom. The van der Waals surface area contributed by atoms with Crippen LogP contribution in [0, 0.1) is 23.2 Å². The molecule has 0 radical (unpaired) electrons. The highest BCUT2D eigenvalue weighted by molar-refractivity contribution is 5.20. The molecule has 2 aliphatic rings. The van der Waals surface area contributed by atoms with Gasteiger partial charge in [-0.1, -0.05) is 25.5 Å². The van der Waals surface area contributed by atoms with E-state index in [1.54, 1.807) is 0 Å². The Bertz CT molecular complexity index is 284. The molecule has 5 atom stereocenters. The molecular weight excluding hydrogens is 188 g/mol. The summed E-state index contributed by atoms with van der Waals surface area (Å²) in [5.74, 6) is 1.43. The fourth-order valence-electron chi connectivity index (χ4n) is 3.60. The highest BCUT2D eigenvalue weighted by Crippen LogP contribution is 2.51. The van der Waals surface area contributed by atoms with Crippen molar-refractivity contribution in [3.05, 3.63) is 11.6 Å². The van der Waals surface area contributed by atoms with E-state index in [0.717, 1.165) is 0 Å². The summed E-state index contributed by atoms with van der Waals surface area (Å²) < 4.78 is 5.85. The first kappa shape index (κ1) is 11.2. The zero-order valence-corrected chi connectivity index (χ0v) is 10.2. The summed E-state index contributed by atoms with van der Waals surface area (Å²) in [6.07, 6.45) is 2.63. The normalized spacial score (nSPS) is 50.1. The lowest BCUT2D eigenvalue weighted by Crippen LogP contribution is -2.55. The highest BCUT2D eigenvalue weighted by Gasteiger charge is 2.51. The molecule has 86 valence electrons. The molecule has 0 aromatic carbocycles. The van der Waals surface area contributed by atoms with E-state index in [-0.39, 0.29) is 12.0 Å². The van der Waals surface area contributed by atoms with Gasteiger partial charge in [0, 0.05) is 11.3 Å². The van der Waals surface area contributed by atoms with Crippen molar-refractivity contribution >= 4 is 0 Å². The van der Waals surface area contributed by atoms with Gasteiger partial charge in [0.25, 0.3) is 0 Å². The van der Waals surface area contributed by atoms with Gasteiger partial charge in [0.05, 0.1) is 19.3 Å². The van der Waals surface area contributed by atoms with Crippen molar-refractivity contribution in [3.8, 4) is 0 Å². The lowest BCUT2D eigenvalue weighted by Gasteiger charge is -2.54. The molecule has 2 bridgehead atoms. The van der Waals surface area contributed by atoms with Crippen LogP contribution in [0.1, 0.15) is 27.7 Å². The second-order valence-corrected chi connectivity index (χ2v) is 5.42. The van der Waals surface area contributed by atoms with Crippen LogP contribution >= 0.6 is 0 Å². The van der Waals surface area contributed by atoms with Crippen LogP contribution in [0.3, 0.4) is 0 Å². The van der Waals surface area contributed by atoms with Crippen LogP contribution < -0.4 is 0 Å². The van der Waals surface area contributed by atoms with Crippen molar-refractivity contribution in [2.45, 2.75) is 33.8 Å². The van der Waals surface area contributed by atoms with Gasteiger partial charge in [-0.2, -0.15) is 0 Å². The van der Waals surface area contributed by atoms with Gasteiger partial charge >= 0.3 is 0 Å². The molecule has 1 heterocycles. The molecule has 15 heavy (non-hydrogen) atoms. The SMILES string of the molecule is CC1=C[C@H](C)[C@@]2(CO)CO[C@H](C)[C@@H]1[C@@H]2C. The van der Waals surface area contributed by atoms with Gasteiger partial charge in [0.15, 0.2) is 0 Å². The van der Waals surface area contributed by atoms with E-state index in [2.05, 4.69) is 33.8 Å². The first-order valence-electron chi connectivity index (χ1n) is 5.93. The number of aliphatic hydroxyl groups excluding tert-OH is 1. The largest absolute Gasteiger partial charge is 0.396 e. The van der Waals surface area contributed by atoms with E-state index in [9.17, 15) is 5.11 Å². The van der Waals surface area contributed by atoms with Crippen molar-refractivity contribution in [2.75, 3.05) is 13.2 Å². The van der Waals surface area contributed by atoms with Crippen molar-refractivity contribution in [2.24, 2.45) is 23.2 Å². The molecule has 0 amide bonds. The maximum absolute atomic E-state index is 9.70. The minimum Gasteiger partial charge on any atom is -0.396 e. The average Bonchev–Trinajstić information content (AvgIpc) is 2.17. The predicted octanol–water partition coefficient (Wildman–Crippen LogP) is 2.23. The zero-order valence-electron chi connectivity index (χ0n) is 10.2. The molecule has 0 aromatic rings. The lowest BCUT2D eigenvalue weighted by molar-refractivity contribution is -0.157. The van der Waals surface area contributed by atoms with Crippen LogP contribution in [0.15, 0.2) is 11.6 Å². The fraction of sp³-hybridized carbons (Fsp3) is 0.846. The molecular formula is C13H22O2. The standard InChI is InChI=1S/C13H22O2/c1-8-5-9(2)13(6-14)7-15-11(4)12(8)10(13)3/h5,9-12,14H,6-7H2,1-4H3/t9-,10-,11+,12-,13+/m0/s1. The van der Waals surface area contributed by atoms with Crippen molar-refractivity contribution in [1.29, 1.82) is 0 Å². The number of fused-ring (bicyclic) bond motifs is 2. The number of allylic oxidation sites excluding steroid dienone is 1. The van der Waals surface area contributed by atoms with Gasteiger partial charge in [0.1, 0.15) is 0 Å². The summed E-state index contributed by atoms with van der Waals surface area (Å²) in [5.41, 5.74) is 1.39. The first-order valence-corrected chi connectivity index (χ1v) is 5.93. The van der Waals surface area contributed by atoms with Gasteiger partial charge in [-0.25, -0.2) is 0 Å². The first-order chi connectivity index (χ1) is 7.03. The van der Waals surface area contributed by atoms with Crippen LogP contribution in [0.2, 0.25) is 0 Å². The summed E-state index contributed by atoms with van der Waals surface area (Å²) in [6, 6.07) is 0. The van der Waals surface area contributed by atoms with Crippen molar-refractivity contribution in [3.63, 3.8) is 0 Å². The fourth-order valence-corrected chi connectivity index (χ4v) is 3.60. The van der Waals surface area contributed by atoms with Crippen LogP contribution in [-0.4, -0.2) is 24.4 Å². The van der Waals surface area contributed by atoms with Gasteiger partial charge in [-0.3, -0.25) is 0 Å². The molecule has 2 heteroatoms. The van der Waals surface area contributed by atoms with Gasteiger partial charge in [0.2, 0.25) is 0 Å². The Morgan fingerprint density at radius 3 is 2.73 bits per heavy atom. The molecule has 0 saturated carbocycles. The number of rotatable bonds is 1. The molecule has 0 aromatic heterocycles. The molecule has 1 N–H and O–H groups in total. The molecule has 1 saturated heterocycles. The van der Waals surface area contributed by atoms with E-state index < -0.39 is 0 Å². The molecule has 2 nitrogen and oxygen atoms in total. The summed E-state index contributed by atoms with van der Waals surface area (Å²) >= 11 is 0. The maximum atomic E-state index is 9.70. The third-order valence-electron chi connectivity index (χ3n) is 4.81. The van der Waals surface area contributed by atoms with Gasteiger partial charge < -0.3 is 9.84 Å². The molecule has 0 spiro atoms. The Morgan fingerprint density at radius 1 is 1.47 bits per heavy atom. The monoisotopic (exact) mass is 210 g/mol. The molecule has 1 aliphatic heterocycles. The number of hydrogen-bond donors (Lipinski definition) is 1. The van der Waals surface area contributed by atoms with E-state index >= 15 is 0 Å². The van der Waals surface area contributed by atoms with E-state index in [1.165, 1.54) is 5.57 Å². The van der Waals surface area contributed by atoms with E-state index in [1.807, 2.05) is 0 Å². The number of aliphatic hydroxyl groups is 1. The van der Waals surface area contributed by atoms with Crippen LogP contribution in [0.5, 0.6) is 0 Å². The van der Waals surface area contributed by atoms with E-state index in [0.29, 0.717) is 30.5 Å². The summed E-state index contributed by atoms with van der Waals surface area (Å²) in [4.78, 5) is 0. The molecule has 0 unspecified atom stereocenters. The lowest BCUT2D eigenvalue weighted by atomic mass is 9.56. The minimum atomic E-state index is -0.0450. The average molecular weight is 210 g/mol. The third-order valence-corrected chi connectivity index (χ3v) is 4.81. The molecule has 1 aliphatic carbocycles. The Balaban J connectivity index is 2.43. The predicted molar refractivity (Wildman–Crippen MR) is 60.5 cm³/mol. The summed E-state index contributed by atoms with van der Waals surface area (Å²) in [5, 5.41) is 9.70. The van der Waals surface area contributed by atoms with Gasteiger partial charge in [-0.15, -0.1) is 0 Å². The Labute approximate surface area is 92.3 Å². The third kappa shape index (κ3) is 1.38. The van der Waals surface area contributed by atoms with Crippen LogP contribution in [-0.2, 0) is 4.74 Å². The Hall–Kier alpha value is -0.340. The van der Waals surface area contributed by atoms with Crippen molar-refractivity contribution < 1.29 is 9.84 Å². The topological polar surface area (TPSA) is 29.5 Å². The van der Waals surface area contributed by atoms with Gasteiger partial charge in [-0.05, 0) is 25.7 Å². The zero-order chi connectivity index (χ0) is 11.2. The second kappa shape index (κ2) is 3.60. The quantitative estimate of drug-likeness (QED) is 0.673. The van der Waals surface area contributed by atoms with E-state index in [4.69, 9.17) is 4.74 Å². The minimum absolute atomic E-state index is 0.0450. The number of hydrogen-bond acceptors (Lipinski definition) is 2. The number of ether oxygens (including phenoxy) is 1.